The minimum atomic E-state index is -1.04. The van der Waals surface area contributed by atoms with Crippen LogP contribution in [0.2, 0.25) is 0 Å². The van der Waals surface area contributed by atoms with Gasteiger partial charge >= 0.3 is 12.0 Å². The summed E-state index contributed by atoms with van der Waals surface area (Å²) in [5.41, 5.74) is 0.479. The van der Waals surface area contributed by atoms with Gasteiger partial charge in [0, 0.05) is 12.6 Å². The second kappa shape index (κ2) is 5.81. The fourth-order valence-electron chi connectivity index (χ4n) is 2.08. The number of benzene rings is 1. The van der Waals surface area contributed by atoms with Crippen LogP contribution in [0.4, 0.5) is 10.5 Å². The third kappa shape index (κ3) is 3.01. The first-order chi connectivity index (χ1) is 9.56. The van der Waals surface area contributed by atoms with Crippen molar-refractivity contribution in [2.75, 3.05) is 19.0 Å². The molecule has 2 N–H and O–H groups in total. The van der Waals surface area contributed by atoms with Gasteiger partial charge in [-0.2, -0.15) is 0 Å². The normalized spacial score (nSPS) is 13.7. The van der Waals surface area contributed by atoms with Crippen LogP contribution in [0.15, 0.2) is 18.2 Å². The molecule has 0 atom stereocenters. The van der Waals surface area contributed by atoms with Gasteiger partial charge in [-0.25, -0.2) is 9.59 Å². The summed E-state index contributed by atoms with van der Waals surface area (Å²) < 4.78 is 5.14. The molecule has 1 aromatic rings. The van der Waals surface area contributed by atoms with Gasteiger partial charge in [0.1, 0.15) is 5.75 Å². The number of carboxylic acid groups (broad SMARTS) is 1. The van der Waals surface area contributed by atoms with Crippen LogP contribution in [0.3, 0.4) is 0 Å². The number of amides is 2. The molecule has 108 valence electrons. The number of nitrogens with one attached hydrogen (secondary N) is 1. The Hall–Kier alpha value is -2.24. The number of anilines is 1. The Balaban J connectivity index is 2.19. The van der Waals surface area contributed by atoms with Crippen molar-refractivity contribution in [2.45, 2.75) is 25.8 Å². The van der Waals surface area contributed by atoms with Crippen LogP contribution in [-0.4, -0.2) is 41.7 Å². The van der Waals surface area contributed by atoms with Crippen LogP contribution < -0.4 is 10.1 Å². The van der Waals surface area contributed by atoms with E-state index >= 15 is 0 Å². The van der Waals surface area contributed by atoms with Crippen LogP contribution >= 0.6 is 0 Å². The maximum Gasteiger partial charge on any atom is 0.335 e. The van der Waals surface area contributed by atoms with Gasteiger partial charge in [-0.3, -0.25) is 0 Å². The molecule has 1 saturated carbocycles. The average Bonchev–Trinajstić information content (AvgIpc) is 3.24. The lowest BCUT2D eigenvalue weighted by Crippen LogP contribution is -2.36. The Kier molecular flexibility index (Phi) is 4.12. The largest absolute Gasteiger partial charge is 0.495 e. The third-order valence-electron chi connectivity index (χ3n) is 3.28. The van der Waals surface area contributed by atoms with Crippen molar-refractivity contribution in [2.24, 2.45) is 0 Å². The first kappa shape index (κ1) is 14.2. The van der Waals surface area contributed by atoms with Gasteiger partial charge in [-0.15, -0.1) is 0 Å². The molecule has 2 rings (SSSR count). The average molecular weight is 278 g/mol. The smallest absolute Gasteiger partial charge is 0.335 e. The number of aromatic carboxylic acids is 1. The highest BCUT2D eigenvalue weighted by atomic mass is 16.5. The molecular formula is C14H18N2O4. The molecule has 1 aromatic carbocycles. The summed E-state index contributed by atoms with van der Waals surface area (Å²) in [6, 6.07) is 4.45. The predicted octanol–water partition coefficient (Wildman–Crippen LogP) is 2.41. The first-order valence-electron chi connectivity index (χ1n) is 6.55. The van der Waals surface area contributed by atoms with Crippen molar-refractivity contribution >= 4 is 17.7 Å². The second-order valence-electron chi connectivity index (χ2n) is 4.67. The fraction of sp³-hybridized carbons (Fsp3) is 0.429. The number of carboxylic acids is 1. The molecule has 0 aromatic heterocycles. The SMILES string of the molecule is CCN(C(=O)Nc1cc(C(=O)O)ccc1OC)C1CC1. The Morgan fingerprint density at radius 1 is 1.45 bits per heavy atom. The van der Waals surface area contributed by atoms with Crippen LogP contribution in [0.1, 0.15) is 30.1 Å². The second-order valence-corrected chi connectivity index (χ2v) is 4.67. The summed E-state index contributed by atoms with van der Waals surface area (Å²) in [6.45, 7) is 2.54. The van der Waals surface area contributed by atoms with E-state index in [0.29, 0.717) is 24.0 Å². The molecule has 1 aliphatic rings. The van der Waals surface area contributed by atoms with E-state index in [2.05, 4.69) is 5.32 Å². The Morgan fingerprint density at radius 3 is 2.65 bits per heavy atom. The van der Waals surface area contributed by atoms with Crippen molar-refractivity contribution < 1.29 is 19.4 Å². The number of hydrogen-bond acceptors (Lipinski definition) is 3. The van der Waals surface area contributed by atoms with Gasteiger partial charge in [0.2, 0.25) is 0 Å². The summed E-state index contributed by atoms with van der Waals surface area (Å²) in [5, 5.41) is 11.7. The Labute approximate surface area is 117 Å². The van der Waals surface area contributed by atoms with Gasteiger partial charge in [0.05, 0.1) is 18.4 Å². The summed E-state index contributed by atoms with van der Waals surface area (Å²) in [6.07, 6.45) is 2.04. The van der Waals surface area contributed by atoms with E-state index in [-0.39, 0.29) is 11.6 Å². The highest BCUT2D eigenvalue weighted by molar-refractivity contribution is 5.95. The summed E-state index contributed by atoms with van der Waals surface area (Å²) in [4.78, 5) is 24.9. The number of hydrogen-bond donors (Lipinski definition) is 2. The number of carbonyl (C=O) groups excluding carboxylic acids is 1. The van der Waals surface area contributed by atoms with Gasteiger partial charge in [-0.1, -0.05) is 0 Å². The van der Waals surface area contributed by atoms with Gasteiger partial charge in [0.25, 0.3) is 0 Å². The van der Waals surface area contributed by atoms with Crippen molar-refractivity contribution in [3.05, 3.63) is 23.8 Å². The molecule has 0 radical (unpaired) electrons. The van der Waals surface area contributed by atoms with Gasteiger partial charge in [0.15, 0.2) is 0 Å². The summed E-state index contributed by atoms with van der Waals surface area (Å²) in [5.74, 6) is -0.604. The first-order valence-corrected chi connectivity index (χ1v) is 6.55. The van der Waals surface area contributed by atoms with Crippen molar-refractivity contribution in [1.82, 2.24) is 4.90 Å². The lowest BCUT2D eigenvalue weighted by molar-refractivity contribution is 0.0697. The zero-order chi connectivity index (χ0) is 14.7. The topological polar surface area (TPSA) is 78.9 Å². The van der Waals surface area contributed by atoms with E-state index in [0.717, 1.165) is 12.8 Å². The molecule has 0 heterocycles. The number of methoxy groups -OCH3 is 1. The standard InChI is InChI=1S/C14H18N2O4/c1-3-16(10-5-6-10)14(19)15-11-8-9(13(17)18)4-7-12(11)20-2/h4,7-8,10H,3,5-6H2,1-2H3,(H,15,19)(H,17,18). The molecule has 0 bridgehead atoms. The predicted molar refractivity (Wildman–Crippen MR) is 74.4 cm³/mol. The van der Waals surface area contributed by atoms with E-state index in [9.17, 15) is 9.59 Å². The highest BCUT2D eigenvalue weighted by Gasteiger charge is 2.31. The van der Waals surface area contributed by atoms with Crippen LogP contribution in [0, 0.1) is 0 Å². The fourth-order valence-corrected chi connectivity index (χ4v) is 2.08. The number of nitrogens with zero attached hydrogens (tertiary/aromatic N) is 1. The molecule has 6 nitrogen and oxygen atoms in total. The van der Waals surface area contributed by atoms with Gasteiger partial charge in [-0.05, 0) is 38.0 Å². The molecule has 0 saturated heterocycles. The molecule has 6 heteroatoms. The molecule has 0 unspecified atom stereocenters. The van der Waals surface area contributed by atoms with Crippen LogP contribution in [-0.2, 0) is 0 Å². The van der Waals surface area contributed by atoms with Crippen molar-refractivity contribution in [3.8, 4) is 5.75 Å². The molecular weight excluding hydrogens is 260 g/mol. The zero-order valence-electron chi connectivity index (χ0n) is 11.5. The third-order valence-corrected chi connectivity index (χ3v) is 3.28. The number of urea groups is 1. The molecule has 1 fully saturated rings. The summed E-state index contributed by atoms with van der Waals surface area (Å²) >= 11 is 0. The number of carbonyl (C=O) groups is 2. The van der Waals surface area contributed by atoms with Crippen LogP contribution in [0.25, 0.3) is 0 Å². The number of ether oxygens (including phenoxy) is 1. The quantitative estimate of drug-likeness (QED) is 0.867. The van der Waals surface area contributed by atoms with Crippen molar-refractivity contribution in [3.63, 3.8) is 0 Å². The Bertz CT molecular complexity index is 526. The van der Waals surface area contributed by atoms with Crippen molar-refractivity contribution in [1.29, 1.82) is 0 Å². The molecule has 20 heavy (non-hydrogen) atoms. The van der Waals surface area contributed by atoms with E-state index in [4.69, 9.17) is 9.84 Å². The molecule has 0 aliphatic heterocycles. The van der Waals surface area contributed by atoms with E-state index in [1.165, 1.54) is 25.3 Å². The minimum absolute atomic E-state index is 0.107. The van der Waals surface area contributed by atoms with Crippen LogP contribution in [0.5, 0.6) is 5.75 Å². The molecule has 1 aliphatic carbocycles. The minimum Gasteiger partial charge on any atom is -0.495 e. The molecule has 2 amide bonds. The monoisotopic (exact) mass is 278 g/mol. The highest BCUT2D eigenvalue weighted by Crippen LogP contribution is 2.29. The van der Waals surface area contributed by atoms with E-state index in [1.807, 2.05) is 6.92 Å². The maximum absolute atomic E-state index is 12.2. The lowest BCUT2D eigenvalue weighted by atomic mass is 10.2. The lowest BCUT2D eigenvalue weighted by Gasteiger charge is -2.21. The Morgan fingerprint density at radius 2 is 2.15 bits per heavy atom. The number of rotatable bonds is 5. The maximum atomic E-state index is 12.2. The van der Waals surface area contributed by atoms with Gasteiger partial charge < -0.3 is 20.1 Å². The van der Waals surface area contributed by atoms with E-state index < -0.39 is 5.97 Å². The van der Waals surface area contributed by atoms with E-state index in [1.54, 1.807) is 4.90 Å². The molecule has 0 spiro atoms. The zero-order valence-corrected chi connectivity index (χ0v) is 11.5. The summed E-state index contributed by atoms with van der Waals surface area (Å²) in [7, 11) is 1.48.